The van der Waals surface area contributed by atoms with E-state index in [9.17, 15) is 9.59 Å². The average molecular weight is 312 g/mol. The van der Waals surface area contributed by atoms with E-state index in [-0.39, 0.29) is 24.2 Å². The highest BCUT2D eigenvalue weighted by Gasteiger charge is 2.34. The summed E-state index contributed by atoms with van der Waals surface area (Å²) >= 11 is 0. The molecule has 1 fully saturated rings. The van der Waals surface area contributed by atoms with Gasteiger partial charge in [0.2, 0.25) is 11.8 Å². The number of carbonyl (C=O) groups excluding carboxylic acids is 2. The number of benzene rings is 1. The molecule has 1 aliphatic rings. The van der Waals surface area contributed by atoms with Crippen LogP contribution in [0.4, 0.5) is 5.82 Å². The van der Waals surface area contributed by atoms with Crippen molar-refractivity contribution in [3.8, 4) is 0 Å². The molecule has 6 heteroatoms. The molecule has 1 aromatic heterocycles. The number of hydrogen-bond donors (Lipinski definition) is 1. The van der Waals surface area contributed by atoms with Crippen LogP contribution in [0.15, 0.2) is 36.4 Å². The first-order valence-electron chi connectivity index (χ1n) is 7.66. The van der Waals surface area contributed by atoms with E-state index in [1.54, 1.807) is 16.6 Å². The lowest BCUT2D eigenvalue weighted by Gasteiger charge is -2.16. The summed E-state index contributed by atoms with van der Waals surface area (Å²) in [7, 11) is 1.78. The second-order valence-corrected chi connectivity index (χ2v) is 5.94. The van der Waals surface area contributed by atoms with Crippen molar-refractivity contribution in [3.05, 3.63) is 47.7 Å². The number of aromatic nitrogens is 2. The third-order valence-electron chi connectivity index (χ3n) is 4.05. The van der Waals surface area contributed by atoms with Crippen LogP contribution in [-0.2, 0) is 23.2 Å². The van der Waals surface area contributed by atoms with Gasteiger partial charge in [-0.3, -0.25) is 14.3 Å². The maximum Gasteiger partial charge on any atom is 0.230 e. The van der Waals surface area contributed by atoms with Gasteiger partial charge in [0.15, 0.2) is 0 Å². The largest absolute Gasteiger partial charge is 0.338 e. The van der Waals surface area contributed by atoms with Crippen molar-refractivity contribution < 1.29 is 9.59 Å². The number of hydrogen-bond acceptors (Lipinski definition) is 3. The van der Waals surface area contributed by atoms with E-state index in [2.05, 4.69) is 10.4 Å². The van der Waals surface area contributed by atoms with Crippen LogP contribution in [0.25, 0.3) is 0 Å². The minimum absolute atomic E-state index is 0.0233. The number of aryl methyl sites for hydroxylation is 2. The minimum Gasteiger partial charge on any atom is -0.338 e. The molecular formula is C17H20N4O2. The van der Waals surface area contributed by atoms with E-state index in [4.69, 9.17) is 0 Å². The Kier molecular flexibility index (Phi) is 4.14. The summed E-state index contributed by atoms with van der Waals surface area (Å²) in [5.41, 5.74) is 1.92. The number of nitrogens with zero attached hydrogens (tertiary/aromatic N) is 3. The fourth-order valence-electron chi connectivity index (χ4n) is 2.86. The minimum atomic E-state index is -0.318. The predicted octanol–water partition coefficient (Wildman–Crippen LogP) is 1.72. The highest BCUT2D eigenvalue weighted by molar-refractivity contribution is 5.96. The SMILES string of the molecule is Cc1cc(NC(=O)[C@H]2CC(=O)N(Cc3ccccc3)C2)n(C)n1. The van der Waals surface area contributed by atoms with Gasteiger partial charge in [0.05, 0.1) is 11.6 Å². The summed E-state index contributed by atoms with van der Waals surface area (Å²) in [5.74, 6) is 0.231. The lowest BCUT2D eigenvalue weighted by molar-refractivity contribution is -0.128. The van der Waals surface area contributed by atoms with Gasteiger partial charge in [-0.1, -0.05) is 30.3 Å². The normalized spacial score (nSPS) is 17.6. The zero-order valence-corrected chi connectivity index (χ0v) is 13.3. The van der Waals surface area contributed by atoms with Gasteiger partial charge in [-0.25, -0.2) is 0 Å². The van der Waals surface area contributed by atoms with Crippen molar-refractivity contribution in [2.75, 3.05) is 11.9 Å². The summed E-state index contributed by atoms with van der Waals surface area (Å²) in [6.45, 7) is 2.88. The topological polar surface area (TPSA) is 67.2 Å². The van der Waals surface area contributed by atoms with Crippen LogP contribution in [0.2, 0.25) is 0 Å². The average Bonchev–Trinajstić information content (AvgIpc) is 3.03. The Hall–Kier alpha value is -2.63. The van der Waals surface area contributed by atoms with E-state index < -0.39 is 0 Å². The number of anilines is 1. The molecule has 6 nitrogen and oxygen atoms in total. The maximum absolute atomic E-state index is 12.4. The molecule has 23 heavy (non-hydrogen) atoms. The first kappa shape index (κ1) is 15.3. The fourth-order valence-corrected chi connectivity index (χ4v) is 2.86. The third-order valence-corrected chi connectivity index (χ3v) is 4.05. The summed E-state index contributed by atoms with van der Waals surface area (Å²) in [6.07, 6.45) is 0.259. The molecule has 0 aliphatic carbocycles. The van der Waals surface area contributed by atoms with Gasteiger partial charge in [-0.05, 0) is 12.5 Å². The molecule has 0 radical (unpaired) electrons. The Morgan fingerprint density at radius 2 is 2.09 bits per heavy atom. The van der Waals surface area contributed by atoms with E-state index in [0.717, 1.165) is 11.3 Å². The number of amides is 2. The Morgan fingerprint density at radius 1 is 1.35 bits per heavy atom. The molecule has 0 bridgehead atoms. The molecule has 1 N–H and O–H groups in total. The molecule has 1 aliphatic heterocycles. The fraction of sp³-hybridized carbons (Fsp3) is 0.353. The van der Waals surface area contributed by atoms with Crippen LogP contribution in [0.1, 0.15) is 17.7 Å². The van der Waals surface area contributed by atoms with Gasteiger partial charge in [-0.2, -0.15) is 5.10 Å². The molecular weight excluding hydrogens is 292 g/mol. The first-order valence-corrected chi connectivity index (χ1v) is 7.66. The molecule has 0 unspecified atom stereocenters. The van der Waals surface area contributed by atoms with Crippen molar-refractivity contribution in [1.29, 1.82) is 0 Å². The van der Waals surface area contributed by atoms with Crippen molar-refractivity contribution in [2.24, 2.45) is 13.0 Å². The Bertz CT molecular complexity index is 723. The van der Waals surface area contributed by atoms with Crippen molar-refractivity contribution in [3.63, 3.8) is 0 Å². The summed E-state index contributed by atoms with van der Waals surface area (Å²) in [5, 5.41) is 7.06. The second-order valence-electron chi connectivity index (χ2n) is 5.94. The maximum atomic E-state index is 12.4. The summed E-state index contributed by atoms with van der Waals surface area (Å²) in [6, 6.07) is 11.6. The van der Waals surface area contributed by atoms with Crippen LogP contribution in [0.5, 0.6) is 0 Å². The van der Waals surface area contributed by atoms with E-state index >= 15 is 0 Å². The molecule has 0 saturated carbocycles. The highest BCUT2D eigenvalue weighted by atomic mass is 16.2. The zero-order valence-electron chi connectivity index (χ0n) is 13.3. The standard InChI is InChI=1S/C17H20N4O2/c1-12-8-15(20(2)19-12)18-17(23)14-9-16(22)21(11-14)10-13-6-4-3-5-7-13/h3-8,14H,9-11H2,1-2H3,(H,18,23)/t14-/m0/s1. The van der Waals surface area contributed by atoms with Gasteiger partial charge in [0.25, 0.3) is 0 Å². The lowest BCUT2D eigenvalue weighted by Crippen LogP contribution is -2.28. The molecule has 2 heterocycles. The van der Waals surface area contributed by atoms with Crippen LogP contribution >= 0.6 is 0 Å². The highest BCUT2D eigenvalue weighted by Crippen LogP contribution is 2.22. The zero-order chi connectivity index (χ0) is 16.4. The Balaban J connectivity index is 1.62. The van der Waals surface area contributed by atoms with Crippen LogP contribution < -0.4 is 5.32 Å². The molecule has 1 saturated heterocycles. The van der Waals surface area contributed by atoms with Crippen LogP contribution in [0, 0.1) is 12.8 Å². The Morgan fingerprint density at radius 3 is 2.74 bits per heavy atom. The van der Waals surface area contributed by atoms with Gasteiger partial charge in [0.1, 0.15) is 5.82 Å². The van der Waals surface area contributed by atoms with E-state index in [0.29, 0.717) is 18.9 Å². The van der Waals surface area contributed by atoms with Gasteiger partial charge in [0, 0.05) is 32.6 Å². The molecule has 120 valence electrons. The number of likely N-dealkylation sites (tertiary alicyclic amines) is 1. The molecule has 1 aromatic carbocycles. The number of rotatable bonds is 4. The van der Waals surface area contributed by atoms with E-state index in [1.165, 1.54) is 0 Å². The molecule has 0 spiro atoms. The first-order chi connectivity index (χ1) is 11.0. The lowest BCUT2D eigenvalue weighted by atomic mass is 10.1. The quantitative estimate of drug-likeness (QED) is 0.934. The molecule has 3 rings (SSSR count). The van der Waals surface area contributed by atoms with Crippen molar-refractivity contribution in [2.45, 2.75) is 19.9 Å². The van der Waals surface area contributed by atoms with Crippen LogP contribution in [-0.4, -0.2) is 33.0 Å². The van der Waals surface area contributed by atoms with Crippen molar-refractivity contribution >= 4 is 17.6 Å². The smallest absolute Gasteiger partial charge is 0.230 e. The van der Waals surface area contributed by atoms with E-state index in [1.807, 2.05) is 43.3 Å². The second kappa shape index (κ2) is 6.24. The molecule has 2 aromatic rings. The Labute approximate surface area is 135 Å². The van der Waals surface area contributed by atoms with Gasteiger partial charge >= 0.3 is 0 Å². The predicted molar refractivity (Wildman–Crippen MR) is 86.5 cm³/mol. The summed E-state index contributed by atoms with van der Waals surface area (Å²) in [4.78, 5) is 26.3. The molecule has 2 amide bonds. The van der Waals surface area contributed by atoms with Gasteiger partial charge in [-0.15, -0.1) is 0 Å². The van der Waals surface area contributed by atoms with Gasteiger partial charge < -0.3 is 10.2 Å². The number of nitrogens with one attached hydrogen (secondary N) is 1. The monoisotopic (exact) mass is 312 g/mol. The van der Waals surface area contributed by atoms with Crippen LogP contribution in [0.3, 0.4) is 0 Å². The summed E-state index contributed by atoms with van der Waals surface area (Å²) < 4.78 is 1.63. The molecule has 1 atom stereocenters. The van der Waals surface area contributed by atoms with Crippen molar-refractivity contribution in [1.82, 2.24) is 14.7 Å². The number of carbonyl (C=O) groups is 2. The third kappa shape index (κ3) is 3.41.